The average Bonchev–Trinajstić information content (AvgIpc) is 3.24. The molecule has 1 aliphatic rings. The minimum absolute atomic E-state index is 0.224. The number of amides is 4. The van der Waals surface area contributed by atoms with E-state index in [2.05, 4.69) is 5.32 Å². The summed E-state index contributed by atoms with van der Waals surface area (Å²) in [6.45, 7) is 2.50. The van der Waals surface area contributed by atoms with Crippen LogP contribution in [0.2, 0.25) is 0 Å². The van der Waals surface area contributed by atoms with E-state index in [1.165, 1.54) is 0 Å². The van der Waals surface area contributed by atoms with Gasteiger partial charge in [0.25, 0.3) is 17.7 Å². The quantitative estimate of drug-likeness (QED) is 0.287. The van der Waals surface area contributed by atoms with Crippen LogP contribution in [0.4, 0.5) is 5.69 Å². The Morgan fingerprint density at radius 3 is 1.70 bits per heavy atom. The third-order valence-corrected chi connectivity index (χ3v) is 6.96. The van der Waals surface area contributed by atoms with Crippen molar-refractivity contribution < 1.29 is 19.2 Å². The monoisotopic (exact) mass is 531 g/mol. The summed E-state index contributed by atoms with van der Waals surface area (Å²) in [7, 11) is 0. The SMILES string of the molecule is CC[C@@H](C(=O)Nc1ccccc1C(=O)N(Cc1ccccc1)Cc1ccccc1)N1C(=O)c2ccccc2C1=O. The van der Waals surface area contributed by atoms with Crippen molar-refractivity contribution in [2.45, 2.75) is 32.5 Å². The van der Waals surface area contributed by atoms with Crippen molar-refractivity contribution in [1.29, 1.82) is 0 Å². The highest BCUT2D eigenvalue weighted by Crippen LogP contribution is 2.27. The lowest BCUT2D eigenvalue weighted by atomic mass is 10.1. The van der Waals surface area contributed by atoms with Crippen LogP contribution in [-0.4, -0.2) is 39.5 Å². The van der Waals surface area contributed by atoms with E-state index in [4.69, 9.17) is 0 Å². The molecule has 1 atom stereocenters. The lowest BCUT2D eigenvalue weighted by Crippen LogP contribution is -2.47. The fraction of sp³-hybridized carbons (Fsp3) is 0.152. The van der Waals surface area contributed by atoms with Gasteiger partial charge in [-0.2, -0.15) is 0 Å². The molecule has 7 nitrogen and oxygen atoms in total. The van der Waals surface area contributed by atoms with Gasteiger partial charge in [-0.25, -0.2) is 0 Å². The van der Waals surface area contributed by atoms with Gasteiger partial charge in [0.15, 0.2) is 0 Å². The Morgan fingerprint density at radius 2 is 1.18 bits per heavy atom. The maximum Gasteiger partial charge on any atom is 0.262 e. The molecular weight excluding hydrogens is 502 g/mol. The molecule has 0 radical (unpaired) electrons. The topological polar surface area (TPSA) is 86.8 Å². The first-order chi connectivity index (χ1) is 19.5. The summed E-state index contributed by atoms with van der Waals surface area (Å²) in [6.07, 6.45) is 0.224. The number of hydrogen-bond acceptors (Lipinski definition) is 4. The molecule has 40 heavy (non-hydrogen) atoms. The molecule has 0 fully saturated rings. The van der Waals surface area contributed by atoms with Crippen LogP contribution in [0, 0.1) is 0 Å². The summed E-state index contributed by atoms with van der Waals surface area (Å²) in [5.74, 6) is -1.78. The van der Waals surface area contributed by atoms with E-state index < -0.39 is 23.8 Å². The summed E-state index contributed by atoms with van der Waals surface area (Å²) in [4.78, 5) is 56.3. The van der Waals surface area contributed by atoms with Gasteiger partial charge in [-0.05, 0) is 41.8 Å². The first-order valence-corrected chi connectivity index (χ1v) is 13.2. The van der Waals surface area contributed by atoms with Gasteiger partial charge in [0, 0.05) is 13.1 Å². The van der Waals surface area contributed by atoms with Crippen LogP contribution in [-0.2, 0) is 17.9 Å². The van der Waals surface area contributed by atoms with Gasteiger partial charge in [-0.3, -0.25) is 24.1 Å². The third kappa shape index (κ3) is 5.40. The number of carbonyl (C=O) groups excluding carboxylic acids is 4. The molecule has 0 saturated carbocycles. The molecule has 1 aliphatic heterocycles. The molecule has 1 N–H and O–H groups in total. The van der Waals surface area contributed by atoms with Crippen LogP contribution < -0.4 is 5.32 Å². The van der Waals surface area contributed by atoms with E-state index in [0.717, 1.165) is 16.0 Å². The second kappa shape index (κ2) is 11.8. The lowest BCUT2D eigenvalue weighted by Gasteiger charge is -2.26. The highest BCUT2D eigenvalue weighted by atomic mass is 16.2. The summed E-state index contributed by atoms with van der Waals surface area (Å²) < 4.78 is 0. The minimum atomic E-state index is -1.03. The first kappa shape index (κ1) is 26.6. The van der Waals surface area contributed by atoms with E-state index in [-0.39, 0.29) is 23.5 Å². The molecule has 0 unspecified atom stereocenters. The van der Waals surface area contributed by atoms with Gasteiger partial charge < -0.3 is 10.2 Å². The predicted molar refractivity (Wildman–Crippen MR) is 153 cm³/mol. The van der Waals surface area contributed by atoms with Gasteiger partial charge in [0.1, 0.15) is 6.04 Å². The third-order valence-electron chi connectivity index (χ3n) is 6.96. The smallest absolute Gasteiger partial charge is 0.262 e. The first-order valence-electron chi connectivity index (χ1n) is 13.2. The molecule has 0 saturated heterocycles. The van der Waals surface area contributed by atoms with Crippen LogP contribution in [0.3, 0.4) is 0 Å². The molecule has 0 bridgehead atoms. The number of rotatable bonds is 9. The highest BCUT2D eigenvalue weighted by Gasteiger charge is 2.42. The maximum absolute atomic E-state index is 14.0. The zero-order valence-electron chi connectivity index (χ0n) is 22.1. The van der Waals surface area contributed by atoms with E-state index in [1.54, 1.807) is 60.4 Å². The van der Waals surface area contributed by atoms with Gasteiger partial charge in [-0.1, -0.05) is 91.9 Å². The van der Waals surface area contributed by atoms with Crippen LogP contribution in [0.5, 0.6) is 0 Å². The minimum Gasteiger partial charge on any atom is -0.330 e. The second-order valence-electron chi connectivity index (χ2n) is 9.62. The Labute approximate surface area is 233 Å². The molecule has 0 aliphatic carbocycles. The Kier molecular flexibility index (Phi) is 7.82. The molecule has 4 aromatic rings. The number of benzene rings is 4. The largest absolute Gasteiger partial charge is 0.330 e. The van der Waals surface area contributed by atoms with Crippen molar-refractivity contribution in [2.75, 3.05) is 5.32 Å². The van der Waals surface area contributed by atoms with Crippen molar-refractivity contribution in [2.24, 2.45) is 0 Å². The molecule has 4 aromatic carbocycles. The van der Waals surface area contributed by atoms with Crippen LogP contribution in [0.1, 0.15) is 55.5 Å². The normalized spacial score (nSPS) is 13.1. The van der Waals surface area contributed by atoms with Crippen molar-refractivity contribution in [3.63, 3.8) is 0 Å². The number of carbonyl (C=O) groups is 4. The number of fused-ring (bicyclic) bond motifs is 1. The molecule has 5 rings (SSSR count). The van der Waals surface area contributed by atoms with Crippen LogP contribution in [0.15, 0.2) is 109 Å². The number of nitrogens with one attached hydrogen (secondary N) is 1. The van der Waals surface area contributed by atoms with Crippen molar-refractivity contribution >= 4 is 29.3 Å². The Bertz CT molecular complexity index is 1480. The van der Waals surface area contributed by atoms with E-state index >= 15 is 0 Å². The average molecular weight is 532 g/mol. The Morgan fingerprint density at radius 1 is 0.700 bits per heavy atom. The number of imide groups is 1. The van der Waals surface area contributed by atoms with Gasteiger partial charge in [-0.15, -0.1) is 0 Å². The molecular formula is C33H29N3O4. The fourth-order valence-corrected chi connectivity index (χ4v) is 4.95. The van der Waals surface area contributed by atoms with Gasteiger partial charge in [0.2, 0.25) is 5.91 Å². The van der Waals surface area contributed by atoms with Gasteiger partial charge in [0.05, 0.1) is 22.4 Å². The predicted octanol–water partition coefficient (Wildman–Crippen LogP) is 5.54. The van der Waals surface area contributed by atoms with Crippen LogP contribution >= 0.6 is 0 Å². The molecule has 4 amide bonds. The summed E-state index contributed by atoms with van der Waals surface area (Å²) in [5, 5.41) is 2.84. The standard InChI is InChI=1S/C33H29N3O4/c1-2-29(36-32(39)25-17-9-10-18-26(25)33(36)40)30(37)34-28-20-12-11-19-27(28)31(38)35(21-23-13-5-3-6-14-23)22-24-15-7-4-8-16-24/h3-20,29H,2,21-22H2,1H3,(H,34,37)/t29-/m0/s1. The molecule has 7 heteroatoms. The Balaban J connectivity index is 1.41. The number of nitrogens with zero attached hydrogens (tertiary/aromatic N) is 2. The fourth-order valence-electron chi connectivity index (χ4n) is 4.95. The lowest BCUT2D eigenvalue weighted by molar-refractivity contribution is -0.120. The van der Waals surface area contributed by atoms with E-state index in [9.17, 15) is 19.2 Å². The zero-order chi connectivity index (χ0) is 28.1. The summed E-state index contributed by atoms with van der Waals surface area (Å²) in [6, 6.07) is 31.8. The zero-order valence-corrected chi connectivity index (χ0v) is 22.1. The number of para-hydroxylation sites is 1. The Hall–Kier alpha value is -5.04. The van der Waals surface area contributed by atoms with Gasteiger partial charge >= 0.3 is 0 Å². The van der Waals surface area contributed by atoms with Crippen molar-refractivity contribution in [3.05, 3.63) is 137 Å². The number of anilines is 1. The van der Waals surface area contributed by atoms with E-state index in [1.807, 2.05) is 60.7 Å². The van der Waals surface area contributed by atoms with Crippen LogP contribution in [0.25, 0.3) is 0 Å². The number of hydrogen-bond donors (Lipinski definition) is 1. The van der Waals surface area contributed by atoms with E-state index in [0.29, 0.717) is 24.3 Å². The maximum atomic E-state index is 14.0. The molecule has 200 valence electrons. The molecule has 0 spiro atoms. The second-order valence-corrected chi connectivity index (χ2v) is 9.62. The van der Waals surface area contributed by atoms with Crippen molar-refractivity contribution in [1.82, 2.24) is 9.80 Å². The molecule has 1 heterocycles. The van der Waals surface area contributed by atoms with Crippen molar-refractivity contribution in [3.8, 4) is 0 Å². The summed E-state index contributed by atoms with van der Waals surface area (Å²) >= 11 is 0. The summed E-state index contributed by atoms with van der Waals surface area (Å²) in [5.41, 5.74) is 3.16. The molecule has 0 aromatic heterocycles. The highest BCUT2D eigenvalue weighted by molar-refractivity contribution is 6.23.